The molecule has 2 N–H and O–H groups in total. The van der Waals surface area contributed by atoms with Gasteiger partial charge >= 0.3 is 6.09 Å². The summed E-state index contributed by atoms with van der Waals surface area (Å²) in [6, 6.07) is 0.298. The lowest BCUT2D eigenvalue weighted by molar-refractivity contribution is -0.130. The molecule has 31 heavy (non-hydrogen) atoms. The van der Waals surface area contributed by atoms with Gasteiger partial charge in [-0.2, -0.15) is 0 Å². The van der Waals surface area contributed by atoms with Crippen LogP contribution in [-0.4, -0.2) is 78.7 Å². The highest BCUT2D eigenvalue weighted by molar-refractivity contribution is 14.0. The molecule has 180 valence electrons. The van der Waals surface area contributed by atoms with E-state index in [1.165, 1.54) is 0 Å². The van der Waals surface area contributed by atoms with Gasteiger partial charge in [0.15, 0.2) is 5.96 Å². The van der Waals surface area contributed by atoms with Crippen LogP contribution in [0.5, 0.6) is 0 Å². The molecule has 0 spiro atoms. The highest BCUT2D eigenvalue weighted by Crippen LogP contribution is 2.28. The molecule has 1 saturated carbocycles. The summed E-state index contributed by atoms with van der Waals surface area (Å²) in [5.41, 5.74) is -0.483. The van der Waals surface area contributed by atoms with Gasteiger partial charge in [-0.1, -0.05) is 6.42 Å². The molecular formula is C22H42IN5O3. The summed E-state index contributed by atoms with van der Waals surface area (Å²) in [5.74, 6) is 1.03. The molecule has 0 aromatic carbocycles. The van der Waals surface area contributed by atoms with Crippen molar-refractivity contribution in [3.8, 4) is 0 Å². The summed E-state index contributed by atoms with van der Waals surface area (Å²) in [6.07, 6.45) is 6.66. The van der Waals surface area contributed by atoms with Gasteiger partial charge in [0.05, 0.1) is 0 Å². The average Bonchev–Trinajstić information content (AvgIpc) is 3.50. The minimum absolute atomic E-state index is 0. The van der Waals surface area contributed by atoms with E-state index in [9.17, 15) is 9.59 Å². The van der Waals surface area contributed by atoms with Crippen LogP contribution in [0.4, 0.5) is 4.79 Å². The predicted molar refractivity (Wildman–Crippen MR) is 135 cm³/mol. The normalized spacial score (nSPS) is 17.5. The van der Waals surface area contributed by atoms with Gasteiger partial charge in [-0.3, -0.25) is 9.79 Å². The highest BCUT2D eigenvalue weighted by atomic mass is 127. The van der Waals surface area contributed by atoms with Crippen molar-refractivity contribution in [1.82, 2.24) is 20.4 Å². The molecule has 2 fully saturated rings. The monoisotopic (exact) mass is 551 g/mol. The average molecular weight is 552 g/mol. The Bertz CT molecular complexity index is 590. The summed E-state index contributed by atoms with van der Waals surface area (Å²) in [7, 11) is 0. The lowest BCUT2D eigenvalue weighted by atomic mass is 10.2. The first-order valence-corrected chi connectivity index (χ1v) is 11.6. The number of rotatable bonds is 9. The topological polar surface area (TPSA) is 86.3 Å². The van der Waals surface area contributed by atoms with Gasteiger partial charge in [0.1, 0.15) is 5.60 Å². The number of ether oxygens (including phenoxy) is 1. The van der Waals surface area contributed by atoms with E-state index in [4.69, 9.17) is 4.74 Å². The molecule has 2 amide bonds. The molecule has 2 rings (SSSR count). The number of hydrogen-bond donors (Lipinski definition) is 2. The van der Waals surface area contributed by atoms with Crippen molar-refractivity contribution in [3.63, 3.8) is 0 Å². The quantitative estimate of drug-likeness (QED) is 0.199. The van der Waals surface area contributed by atoms with Gasteiger partial charge in [-0.15, -0.1) is 24.0 Å². The standard InChI is InChI=1S/C22H41N5O3.HI/c1-5-23-20(24-13-9-16-26-15-8-6-7-10-19(26)28)25-14-17-27(18-11-12-18)21(29)30-22(2,3)4;/h18H,5-17H2,1-4H3,(H2,23,24,25);1H. The fourth-order valence-electron chi connectivity index (χ4n) is 3.49. The van der Waals surface area contributed by atoms with Crippen molar-refractivity contribution >= 4 is 41.9 Å². The van der Waals surface area contributed by atoms with Gasteiger partial charge in [-0.25, -0.2) is 4.79 Å². The number of hydrogen-bond acceptors (Lipinski definition) is 4. The van der Waals surface area contributed by atoms with Crippen LogP contribution in [0.3, 0.4) is 0 Å². The van der Waals surface area contributed by atoms with Gasteiger partial charge < -0.3 is 25.2 Å². The second kappa shape index (κ2) is 14.0. The Morgan fingerprint density at radius 2 is 1.97 bits per heavy atom. The minimum atomic E-state index is -0.483. The van der Waals surface area contributed by atoms with E-state index in [0.29, 0.717) is 32.1 Å². The third-order valence-electron chi connectivity index (χ3n) is 5.13. The lowest BCUT2D eigenvalue weighted by Crippen LogP contribution is -2.45. The first-order chi connectivity index (χ1) is 14.3. The van der Waals surface area contributed by atoms with Crippen LogP contribution in [0.15, 0.2) is 4.99 Å². The Hall–Kier alpha value is -1.26. The van der Waals surface area contributed by atoms with E-state index in [0.717, 1.165) is 64.1 Å². The van der Waals surface area contributed by atoms with Gasteiger partial charge in [-0.05, 0) is 59.8 Å². The second-order valence-corrected chi connectivity index (χ2v) is 9.14. The summed E-state index contributed by atoms with van der Waals surface area (Å²) >= 11 is 0. The maximum Gasteiger partial charge on any atom is 0.410 e. The Morgan fingerprint density at radius 1 is 1.23 bits per heavy atom. The van der Waals surface area contributed by atoms with Crippen LogP contribution in [0.2, 0.25) is 0 Å². The molecule has 8 nitrogen and oxygen atoms in total. The highest BCUT2D eigenvalue weighted by Gasteiger charge is 2.34. The zero-order chi connectivity index (χ0) is 22.0. The van der Waals surface area contributed by atoms with E-state index in [2.05, 4.69) is 15.6 Å². The van der Waals surface area contributed by atoms with Crippen molar-refractivity contribution in [1.29, 1.82) is 0 Å². The van der Waals surface area contributed by atoms with E-state index in [1.54, 1.807) is 0 Å². The molecule has 0 unspecified atom stereocenters. The van der Waals surface area contributed by atoms with Crippen LogP contribution in [0.25, 0.3) is 0 Å². The molecule has 0 aromatic rings. The van der Waals surface area contributed by atoms with E-state index in [-0.39, 0.29) is 36.0 Å². The number of guanidine groups is 1. The molecule has 2 aliphatic rings. The minimum Gasteiger partial charge on any atom is -0.444 e. The molecule has 0 bridgehead atoms. The Kier molecular flexibility index (Phi) is 12.5. The number of aliphatic imine (C=N–C) groups is 1. The molecule has 0 atom stereocenters. The Morgan fingerprint density at radius 3 is 2.61 bits per heavy atom. The number of carbonyl (C=O) groups is 2. The Balaban J connectivity index is 0.00000480. The maximum absolute atomic E-state index is 12.5. The van der Waals surface area contributed by atoms with E-state index in [1.807, 2.05) is 37.5 Å². The molecular weight excluding hydrogens is 509 g/mol. The maximum atomic E-state index is 12.5. The third kappa shape index (κ3) is 11.2. The molecule has 0 aromatic heterocycles. The number of nitrogens with zero attached hydrogens (tertiary/aromatic N) is 3. The summed E-state index contributed by atoms with van der Waals surface area (Å²) in [4.78, 5) is 33.0. The van der Waals surface area contributed by atoms with Crippen molar-refractivity contribution < 1.29 is 14.3 Å². The number of likely N-dealkylation sites (tertiary alicyclic amines) is 1. The van der Waals surface area contributed by atoms with E-state index >= 15 is 0 Å². The number of halogens is 1. The first-order valence-electron chi connectivity index (χ1n) is 11.6. The van der Waals surface area contributed by atoms with Crippen LogP contribution in [0, 0.1) is 0 Å². The number of carbonyl (C=O) groups excluding carboxylic acids is 2. The third-order valence-corrected chi connectivity index (χ3v) is 5.13. The van der Waals surface area contributed by atoms with Gasteiger partial charge in [0.2, 0.25) is 5.91 Å². The van der Waals surface area contributed by atoms with Gasteiger partial charge in [0, 0.05) is 51.7 Å². The molecule has 1 aliphatic heterocycles. The lowest BCUT2D eigenvalue weighted by Gasteiger charge is -2.27. The smallest absolute Gasteiger partial charge is 0.410 e. The Labute approximate surface area is 204 Å². The first kappa shape index (κ1) is 27.8. The predicted octanol–water partition coefficient (Wildman–Crippen LogP) is 3.35. The fourth-order valence-corrected chi connectivity index (χ4v) is 3.49. The van der Waals surface area contributed by atoms with Crippen molar-refractivity contribution in [2.75, 3.05) is 39.3 Å². The molecule has 1 saturated heterocycles. The van der Waals surface area contributed by atoms with Crippen LogP contribution in [0.1, 0.15) is 72.6 Å². The zero-order valence-corrected chi connectivity index (χ0v) is 22.1. The zero-order valence-electron chi connectivity index (χ0n) is 19.7. The van der Waals surface area contributed by atoms with E-state index < -0.39 is 5.60 Å². The fraction of sp³-hybridized carbons (Fsp3) is 0.864. The summed E-state index contributed by atoms with van der Waals surface area (Å²) < 4.78 is 5.54. The SMILES string of the molecule is CCNC(=NCCCN1CCCCCC1=O)NCCN(C(=O)OC(C)(C)C)C1CC1.I. The molecule has 1 aliphatic carbocycles. The number of amides is 2. The van der Waals surface area contributed by atoms with Crippen LogP contribution < -0.4 is 10.6 Å². The molecule has 0 radical (unpaired) electrons. The second-order valence-electron chi connectivity index (χ2n) is 9.14. The van der Waals surface area contributed by atoms with Crippen molar-refractivity contribution in [2.24, 2.45) is 4.99 Å². The van der Waals surface area contributed by atoms with Crippen LogP contribution >= 0.6 is 24.0 Å². The van der Waals surface area contributed by atoms with Crippen molar-refractivity contribution in [2.45, 2.75) is 84.3 Å². The summed E-state index contributed by atoms with van der Waals surface area (Å²) in [5, 5.41) is 6.57. The number of nitrogens with one attached hydrogen (secondary N) is 2. The van der Waals surface area contributed by atoms with Crippen molar-refractivity contribution in [3.05, 3.63) is 0 Å². The van der Waals surface area contributed by atoms with Crippen LogP contribution in [-0.2, 0) is 9.53 Å². The molecule has 9 heteroatoms. The van der Waals surface area contributed by atoms with Gasteiger partial charge in [0.25, 0.3) is 0 Å². The summed E-state index contributed by atoms with van der Waals surface area (Å²) in [6.45, 7) is 12.0. The largest absolute Gasteiger partial charge is 0.444 e. The molecule has 1 heterocycles.